The van der Waals surface area contributed by atoms with E-state index in [2.05, 4.69) is 15.1 Å². The number of aromatic nitrogens is 1. The number of hydrogen-bond acceptors (Lipinski definition) is 5. The minimum Gasteiger partial charge on any atom is -0.495 e. The summed E-state index contributed by atoms with van der Waals surface area (Å²) in [6, 6.07) is 12.4. The number of fused-ring (bicyclic) bond motifs is 1. The molecule has 1 amide bonds. The van der Waals surface area contributed by atoms with Gasteiger partial charge in [0.25, 0.3) is 5.91 Å². The molecule has 2 fully saturated rings. The van der Waals surface area contributed by atoms with Crippen molar-refractivity contribution in [3.05, 3.63) is 94.0 Å². The van der Waals surface area contributed by atoms with Crippen LogP contribution in [0.15, 0.2) is 66.7 Å². The number of carbonyl (C=O) groups is 1. The lowest BCUT2D eigenvalue weighted by atomic mass is 9.93. The first-order valence-corrected chi connectivity index (χ1v) is 17.0. The molecule has 1 aromatic heterocycles. The summed E-state index contributed by atoms with van der Waals surface area (Å²) in [5.41, 5.74) is -0.793. The van der Waals surface area contributed by atoms with E-state index in [1.54, 1.807) is 6.07 Å². The predicted octanol–water partition coefficient (Wildman–Crippen LogP) is 9.07. The van der Waals surface area contributed by atoms with Crippen LogP contribution >= 0.6 is 11.6 Å². The molecule has 1 unspecified atom stereocenters. The average Bonchev–Trinajstić information content (AvgIpc) is 3.10. The van der Waals surface area contributed by atoms with Crippen molar-refractivity contribution in [2.45, 2.75) is 63.1 Å². The minimum atomic E-state index is -4.86. The molecule has 3 aromatic carbocycles. The fraction of sp³-hybridized carbons (Fsp3) is 0.405. The number of carbonyl (C=O) groups excluding carboxylic acids is 1. The fourth-order valence-electron chi connectivity index (χ4n) is 7.11. The van der Waals surface area contributed by atoms with Crippen molar-refractivity contribution >= 4 is 28.4 Å². The Kier molecular flexibility index (Phi) is 10.6. The van der Waals surface area contributed by atoms with Crippen molar-refractivity contribution in [2.24, 2.45) is 0 Å². The van der Waals surface area contributed by atoms with Gasteiger partial charge in [0.15, 0.2) is 6.04 Å². The number of likely N-dealkylation sites (tertiary alicyclic amines) is 2. The molecule has 1 atom stereocenters. The standard InChI is InChI=1S/C37H37ClF6N4O2/c1-50-31-20-27-30(21-29(31)38)45-33(24-11-8-12-25(19-24)36(39,40)41)28(22-47-17-13-26(14-18-47)48-15-6-3-7-16-48)32(27)35(49)46-34(37(42,43)44)23-9-4-2-5-10-23/h2,4-5,8-12,19-21,26,34H,3,6-7,13-18,22H2,1H3,(H,46,49). The van der Waals surface area contributed by atoms with Gasteiger partial charge in [0.1, 0.15) is 5.75 Å². The zero-order valence-corrected chi connectivity index (χ0v) is 28.1. The predicted molar refractivity (Wildman–Crippen MR) is 180 cm³/mol. The number of halogens is 7. The second kappa shape index (κ2) is 14.8. The van der Waals surface area contributed by atoms with E-state index in [0.717, 1.165) is 50.9 Å². The average molecular weight is 719 g/mol. The lowest BCUT2D eigenvalue weighted by Crippen LogP contribution is -2.46. The van der Waals surface area contributed by atoms with Gasteiger partial charge in [-0.2, -0.15) is 26.3 Å². The van der Waals surface area contributed by atoms with Crippen molar-refractivity contribution in [3.8, 4) is 17.0 Å². The molecule has 266 valence electrons. The van der Waals surface area contributed by atoms with Crippen molar-refractivity contribution in [3.63, 3.8) is 0 Å². The fourth-order valence-corrected chi connectivity index (χ4v) is 7.34. The van der Waals surface area contributed by atoms with Crippen molar-refractivity contribution in [1.82, 2.24) is 20.1 Å². The molecule has 2 aliphatic rings. The van der Waals surface area contributed by atoms with Crippen LogP contribution in [-0.4, -0.2) is 66.2 Å². The third-order valence-electron chi connectivity index (χ3n) is 9.63. The Morgan fingerprint density at radius 3 is 2.28 bits per heavy atom. The molecular formula is C37H37ClF6N4O2. The smallest absolute Gasteiger partial charge is 0.416 e. The van der Waals surface area contributed by atoms with Gasteiger partial charge in [-0.15, -0.1) is 0 Å². The van der Waals surface area contributed by atoms with Crippen LogP contribution in [0.1, 0.15) is 65.2 Å². The Hall–Kier alpha value is -3.87. The topological polar surface area (TPSA) is 57.7 Å². The Morgan fingerprint density at radius 2 is 1.64 bits per heavy atom. The second-order valence-corrected chi connectivity index (χ2v) is 13.3. The Bertz CT molecular complexity index is 1820. The van der Waals surface area contributed by atoms with Crippen LogP contribution in [0.25, 0.3) is 22.2 Å². The maximum atomic E-state index is 14.5. The highest BCUT2D eigenvalue weighted by atomic mass is 35.5. The van der Waals surface area contributed by atoms with E-state index in [9.17, 15) is 31.1 Å². The van der Waals surface area contributed by atoms with Crippen molar-refractivity contribution in [1.29, 1.82) is 0 Å². The molecule has 6 nitrogen and oxygen atoms in total. The largest absolute Gasteiger partial charge is 0.495 e. The van der Waals surface area contributed by atoms with Crippen LogP contribution in [0.3, 0.4) is 0 Å². The molecular weight excluding hydrogens is 682 g/mol. The molecule has 4 aromatic rings. The maximum absolute atomic E-state index is 14.5. The first-order chi connectivity index (χ1) is 23.8. The summed E-state index contributed by atoms with van der Waals surface area (Å²) < 4.78 is 90.8. The maximum Gasteiger partial charge on any atom is 0.416 e. The number of benzene rings is 3. The summed E-state index contributed by atoms with van der Waals surface area (Å²) >= 11 is 6.44. The lowest BCUT2D eigenvalue weighted by molar-refractivity contribution is -0.155. The molecule has 6 rings (SSSR count). The van der Waals surface area contributed by atoms with Gasteiger partial charge in [-0.3, -0.25) is 9.69 Å². The van der Waals surface area contributed by atoms with Gasteiger partial charge in [-0.1, -0.05) is 60.5 Å². The molecule has 50 heavy (non-hydrogen) atoms. The highest BCUT2D eigenvalue weighted by Crippen LogP contribution is 2.40. The monoisotopic (exact) mass is 718 g/mol. The van der Waals surface area contributed by atoms with Gasteiger partial charge in [-0.25, -0.2) is 4.98 Å². The number of rotatable bonds is 8. The van der Waals surface area contributed by atoms with E-state index >= 15 is 0 Å². The van der Waals surface area contributed by atoms with Crippen LogP contribution in [0.2, 0.25) is 5.02 Å². The number of nitrogens with zero attached hydrogens (tertiary/aromatic N) is 3. The first kappa shape index (κ1) is 35.9. The molecule has 0 saturated carbocycles. The normalized spacial score (nSPS) is 17.5. The zero-order valence-electron chi connectivity index (χ0n) is 27.4. The van der Waals surface area contributed by atoms with Crippen LogP contribution < -0.4 is 10.1 Å². The van der Waals surface area contributed by atoms with E-state index in [4.69, 9.17) is 21.3 Å². The Labute approximate surface area is 291 Å². The van der Waals surface area contributed by atoms with Gasteiger partial charge in [0.2, 0.25) is 0 Å². The molecule has 3 heterocycles. The van der Waals surface area contributed by atoms with Crippen LogP contribution in [0.4, 0.5) is 26.3 Å². The number of hydrogen-bond donors (Lipinski definition) is 1. The van der Waals surface area contributed by atoms with E-state index in [0.29, 0.717) is 19.1 Å². The molecule has 0 bridgehead atoms. The quantitative estimate of drug-likeness (QED) is 0.184. The molecule has 0 aliphatic carbocycles. The summed E-state index contributed by atoms with van der Waals surface area (Å²) in [6.45, 7) is 3.39. The van der Waals surface area contributed by atoms with E-state index in [-0.39, 0.29) is 56.2 Å². The highest BCUT2D eigenvalue weighted by Gasteiger charge is 2.43. The molecule has 2 saturated heterocycles. The van der Waals surface area contributed by atoms with Gasteiger partial charge < -0.3 is 15.0 Å². The Balaban J connectivity index is 1.50. The van der Waals surface area contributed by atoms with Crippen LogP contribution in [0.5, 0.6) is 5.75 Å². The van der Waals surface area contributed by atoms with Gasteiger partial charge in [-0.05, 0) is 81.7 Å². The van der Waals surface area contributed by atoms with Crippen LogP contribution in [-0.2, 0) is 12.7 Å². The van der Waals surface area contributed by atoms with E-state index < -0.39 is 29.9 Å². The summed E-state index contributed by atoms with van der Waals surface area (Å²) in [5.74, 6) is -0.898. The number of amides is 1. The van der Waals surface area contributed by atoms with Crippen molar-refractivity contribution < 1.29 is 35.9 Å². The SMILES string of the molecule is COc1cc2c(C(=O)NC(c3ccccc3)C(F)(F)F)c(CN3CCC(N4CCCCC4)CC3)c(-c3cccc(C(F)(F)F)c3)nc2cc1Cl. The Morgan fingerprint density at radius 1 is 0.940 bits per heavy atom. The minimum absolute atomic E-state index is 0.0522. The van der Waals surface area contributed by atoms with E-state index in [1.807, 2.05) is 0 Å². The lowest BCUT2D eigenvalue weighted by Gasteiger charge is -2.40. The number of methoxy groups -OCH3 is 1. The number of pyridine rings is 1. The number of ether oxygens (including phenoxy) is 1. The summed E-state index contributed by atoms with van der Waals surface area (Å²) in [6.07, 6.45) is -4.33. The molecule has 2 aliphatic heterocycles. The number of alkyl halides is 6. The first-order valence-electron chi connectivity index (χ1n) is 16.6. The second-order valence-electron chi connectivity index (χ2n) is 12.9. The molecule has 0 radical (unpaired) electrons. The van der Waals surface area contributed by atoms with Crippen LogP contribution in [0, 0.1) is 0 Å². The van der Waals surface area contributed by atoms with Gasteiger partial charge >= 0.3 is 12.4 Å². The summed E-state index contributed by atoms with van der Waals surface area (Å²) in [5, 5.41) is 2.47. The van der Waals surface area contributed by atoms with E-state index in [1.165, 1.54) is 62.1 Å². The van der Waals surface area contributed by atoms with Gasteiger partial charge in [0, 0.05) is 29.1 Å². The molecule has 13 heteroatoms. The zero-order chi connectivity index (χ0) is 35.6. The number of nitrogens with one attached hydrogen (secondary N) is 1. The van der Waals surface area contributed by atoms with Crippen molar-refractivity contribution in [2.75, 3.05) is 33.3 Å². The third kappa shape index (κ3) is 7.87. The number of piperidine rings is 2. The molecule has 1 N–H and O–H groups in total. The summed E-state index contributed by atoms with van der Waals surface area (Å²) in [7, 11) is 1.36. The third-order valence-corrected chi connectivity index (χ3v) is 9.93. The molecule has 0 spiro atoms. The van der Waals surface area contributed by atoms with Gasteiger partial charge in [0.05, 0.1) is 34.5 Å². The summed E-state index contributed by atoms with van der Waals surface area (Å²) in [4.78, 5) is 23.7. The highest BCUT2D eigenvalue weighted by molar-refractivity contribution is 6.33.